The number of nitrogens with one attached hydrogen (secondary N) is 1. The highest BCUT2D eigenvalue weighted by atomic mass is 16.4. The number of ketones is 1. The summed E-state index contributed by atoms with van der Waals surface area (Å²) in [7, 11) is 0. The second kappa shape index (κ2) is 10.7. The molecule has 0 saturated heterocycles. The Hall–Kier alpha value is -2.20. The lowest BCUT2D eigenvalue weighted by Crippen LogP contribution is -2.65. The first-order valence-corrected chi connectivity index (χ1v) is 17.5. The van der Waals surface area contributed by atoms with Crippen molar-refractivity contribution >= 4 is 17.3 Å². The van der Waals surface area contributed by atoms with Crippen LogP contribution in [0.2, 0.25) is 0 Å². The van der Waals surface area contributed by atoms with Crippen LogP contribution in [0.25, 0.3) is 5.57 Å². The first-order valence-electron chi connectivity index (χ1n) is 17.5. The molecule has 0 amide bonds. The van der Waals surface area contributed by atoms with E-state index in [9.17, 15) is 14.7 Å². The normalized spacial score (nSPS) is 42.2. The van der Waals surface area contributed by atoms with E-state index in [1.165, 1.54) is 68.1 Å². The van der Waals surface area contributed by atoms with E-state index in [2.05, 4.69) is 59.5 Å². The van der Waals surface area contributed by atoms with Crippen LogP contribution >= 0.6 is 0 Å². The molecule has 4 saturated carbocycles. The Morgan fingerprint density at radius 3 is 2.23 bits per heavy atom. The summed E-state index contributed by atoms with van der Waals surface area (Å²) in [6.45, 7) is 22.9. The molecule has 4 nitrogen and oxygen atoms in total. The van der Waals surface area contributed by atoms with Crippen molar-refractivity contribution in [3.05, 3.63) is 53.6 Å². The lowest BCUT2D eigenvalue weighted by atomic mass is 9.32. The van der Waals surface area contributed by atoms with Crippen molar-refractivity contribution in [2.45, 2.75) is 106 Å². The summed E-state index contributed by atoms with van der Waals surface area (Å²) in [4.78, 5) is 23.4. The van der Waals surface area contributed by atoms with Crippen molar-refractivity contribution in [1.82, 2.24) is 5.32 Å². The second-order valence-corrected chi connectivity index (χ2v) is 17.3. The molecule has 0 heterocycles. The zero-order chi connectivity index (χ0) is 31.9. The Bertz CT molecular complexity index is 1370. The summed E-state index contributed by atoms with van der Waals surface area (Å²) in [5.41, 5.74) is 5.47. The van der Waals surface area contributed by atoms with Gasteiger partial charge in [-0.05, 0) is 152 Å². The number of benzene rings is 1. The predicted molar refractivity (Wildman–Crippen MR) is 179 cm³/mol. The van der Waals surface area contributed by atoms with Crippen LogP contribution < -0.4 is 5.32 Å². The summed E-state index contributed by atoms with van der Waals surface area (Å²) in [5, 5.41) is 13.1. The molecule has 1 aromatic rings. The molecule has 0 spiro atoms. The molecule has 1 aromatic carbocycles. The van der Waals surface area contributed by atoms with Crippen LogP contribution in [-0.4, -0.2) is 29.9 Å². The number of carbonyl (C=O) groups excluding carboxylic acids is 1. The summed E-state index contributed by atoms with van der Waals surface area (Å²) in [6.07, 6.45) is 13.9. The van der Waals surface area contributed by atoms with E-state index in [1.54, 1.807) is 19.1 Å². The number of Topliss-reactive ketones (excluding diaryl/α,β-unsaturated/α-hetero) is 1. The number of fused-ring (bicyclic) bond motifs is 7. The lowest BCUT2D eigenvalue weighted by molar-refractivity contribution is -0.225. The Balaban J connectivity index is 1.33. The Labute approximate surface area is 266 Å². The highest BCUT2D eigenvalue weighted by Crippen LogP contribution is 2.77. The van der Waals surface area contributed by atoms with Crippen molar-refractivity contribution in [3.63, 3.8) is 0 Å². The van der Waals surface area contributed by atoms with E-state index in [1.807, 2.05) is 12.1 Å². The van der Waals surface area contributed by atoms with E-state index in [0.717, 1.165) is 13.0 Å². The largest absolute Gasteiger partial charge is 0.478 e. The fraction of sp³-hybridized carbons (Fsp3) is 0.700. The number of hydrogen-bond donors (Lipinski definition) is 2. The molecule has 9 atom stereocenters. The molecule has 4 fully saturated rings. The molecule has 0 aliphatic heterocycles. The molecule has 6 rings (SSSR count). The minimum Gasteiger partial charge on any atom is -0.478 e. The van der Waals surface area contributed by atoms with Gasteiger partial charge < -0.3 is 10.4 Å². The van der Waals surface area contributed by atoms with Crippen LogP contribution in [0, 0.1) is 56.7 Å². The maximum atomic E-state index is 11.9. The molecule has 0 radical (unpaired) electrons. The zero-order valence-corrected chi connectivity index (χ0v) is 28.5. The lowest BCUT2D eigenvalue weighted by Gasteiger charge is -2.72. The summed E-state index contributed by atoms with van der Waals surface area (Å²) >= 11 is 0. The topological polar surface area (TPSA) is 66.4 Å². The number of carboxylic acid groups (broad SMARTS) is 1. The van der Waals surface area contributed by atoms with Crippen LogP contribution in [0.1, 0.15) is 122 Å². The summed E-state index contributed by atoms with van der Waals surface area (Å²) in [5.74, 6) is 2.61. The van der Waals surface area contributed by atoms with Gasteiger partial charge in [-0.25, -0.2) is 4.79 Å². The third-order valence-corrected chi connectivity index (χ3v) is 15.1. The molecule has 0 aromatic heterocycles. The molecule has 44 heavy (non-hydrogen) atoms. The highest BCUT2D eigenvalue weighted by Gasteiger charge is 2.70. The molecular formula is C40H57NO3. The van der Waals surface area contributed by atoms with Gasteiger partial charge in [0.2, 0.25) is 0 Å². The monoisotopic (exact) mass is 599 g/mol. The Morgan fingerprint density at radius 2 is 1.59 bits per heavy atom. The number of aromatic carboxylic acids is 1. The fourth-order valence-corrected chi connectivity index (χ4v) is 13.0. The fourth-order valence-electron chi connectivity index (χ4n) is 13.0. The third kappa shape index (κ3) is 4.47. The molecule has 240 valence electrons. The Kier molecular flexibility index (Phi) is 7.71. The first kappa shape index (κ1) is 31.8. The van der Waals surface area contributed by atoms with Gasteiger partial charge in [-0.15, -0.1) is 0 Å². The van der Waals surface area contributed by atoms with E-state index in [0.29, 0.717) is 52.5 Å². The van der Waals surface area contributed by atoms with Gasteiger partial charge in [0.25, 0.3) is 0 Å². The van der Waals surface area contributed by atoms with Crippen LogP contribution in [-0.2, 0) is 4.79 Å². The molecular weight excluding hydrogens is 542 g/mol. The van der Waals surface area contributed by atoms with Crippen LogP contribution in [0.4, 0.5) is 0 Å². The highest BCUT2D eigenvalue weighted by molar-refractivity contribution is 5.88. The summed E-state index contributed by atoms with van der Waals surface area (Å²) < 4.78 is 0. The van der Waals surface area contributed by atoms with E-state index in [-0.39, 0.29) is 22.0 Å². The standard InChI is InChI=1S/C40H57NO3/c1-25(2)29-15-20-40(24-41-23-26(3)42)22-21-38(7)31(34(29)40)13-14-33-37(6)18-16-30(27-9-11-28(12-10-27)35(43)44)36(4,5)32(37)17-19-39(33,38)8/h9-12,16,29,31-34,41H,1,13-15,17-24H2,2-8H3,(H,43,44)/t29-,31+,32-,33+,34+,37-,38+,39+,40+/m0/s1. The molecule has 4 heteroatoms. The van der Waals surface area contributed by atoms with Crippen molar-refractivity contribution in [1.29, 1.82) is 0 Å². The van der Waals surface area contributed by atoms with E-state index >= 15 is 0 Å². The quantitative estimate of drug-likeness (QED) is 0.307. The minimum atomic E-state index is -0.865. The maximum absolute atomic E-state index is 11.9. The van der Waals surface area contributed by atoms with Gasteiger partial charge in [0.1, 0.15) is 5.78 Å². The molecule has 0 bridgehead atoms. The van der Waals surface area contributed by atoms with E-state index in [4.69, 9.17) is 0 Å². The van der Waals surface area contributed by atoms with Crippen molar-refractivity contribution < 1.29 is 14.7 Å². The number of carboxylic acids is 1. The minimum absolute atomic E-state index is 0.0252. The van der Waals surface area contributed by atoms with E-state index < -0.39 is 5.97 Å². The predicted octanol–water partition coefficient (Wildman–Crippen LogP) is 9.21. The molecule has 5 aliphatic rings. The van der Waals surface area contributed by atoms with Gasteiger partial charge >= 0.3 is 5.97 Å². The average molecular weight is 600 g/mol. The van der Waals surface area contributed by atoms with Gasteiger partial charge in [0, 0.05) is 6.54 Å². The van der Waals surface area contributed by atoms with Crippen LogP contribution in [0.5, 0.6) is 0 Å². The molecule has 2 N–H and O–H groups in total. The molecule has 0 unspecified atom stereocenters. The van der Waals surface area contributed by atoms with Crippen LogP contribution in [0.3, 0.4) is 0 Å². The second-order valence-electron chi connectivity index (χ2n) is 17.3. The first-order chi connectivity index (χ1) is 20.6. The summed E-state index contributed by atoms with van der Waals surface area (Å²) in [6, 6.07) is 7.58. The average Bonchev–Trinajstić information content (AvgIpc) is 3.33. The van der Waals surface area contributed by atoms with Crippen molar-refractivity contribution in [2.75, 3.05) is 13.1 Å². The van der Waals surface area contributed by atoms with Crippen molar-refractivity contribution in [3.8, 4) is 0 Å². The smallest absolute Gasteiger partial charge is 0.335 e. The zero-order valence-electron chi connectivity index (χ0n) is 28.5. The van der Waals surface area contributed by atoms with Gasteiger partial charge in [-0.1, -0.05) is 65.0 Å². The Morgan fingerprint density at radius 1 is 0.886 bits per heavy atom. The van der Waals surface area contributed by atoms with Crippen molar-refractivity contribution in [2.24, 2.45) is 56.7 Å². The SMILES string of the molecule is C=C(C)[C@@H]1CC[C@]2(CNCC(C)=O)CC[C@]3(C)[C@H](CC[C@@H]4[C@@]5(C)CC=C(c6ccc(C(=O)O)cc6)C(C)(C)[C@@H]5CC[C@]43C)[C@@H]12. The van der Waals surface area contributed by atoms with Gasteiger partial charge in [0.15, 0.2) is 0 Å². The van der Waals surface area contributed by atoms with Gasteiger partial charge in [0.05, 0.1) is 12.1 Å². The van der Waals surface area contributed by atoms with Crippen LogP contribution in [0.15, 0.2) is 42.5 Å². The molecule has 5 aliphatic carbocycles. The van der Waals surface area contributed by atoms with Gasteiger partial charge in [-0.2, -0.15) is 0 Å². The van der Waals surface area contributed by atoms with Gasteiger partial charge in [-0.3, -0.25) is 4.79 Å². The number of hydrogen-bond acceptors (Lipinski definition) is 3. The maximum Gasteiger partial charge on any atom is 0.335 e. The number of rotatable bonds is 7. The third-order valence-electron chi connectivity index (χ3n) is 15.1. The number of allylic oxidation sites excluding steroid dienone is 3. The number of carbonyl (C=O) groups is 2.